The summed E-state index contributed by atoms with van der Waals surface area (Å²) in [6.07, 6.45) is 11.3. The molecule has 0 aliphatic carbocycles. The van der Waals surface area contributed by atoms with E-state index in [0.717, 1.165) is 37.7 Å². The smallest absolute Gasteiger partial charge is 0.299 e. The Kier molecular flexibility index (Phi) is 7.50. The Morgan fingerprint density at radius 1 is 1.23 bits per heavy atom. The highest BCUT2D eigenvalue weighted by molar-refractivity contribution is 6.13. The number of hydrogen-bond donors (Lipinski definition) is 2. The van der Waals surface area contributed by atoms with Crippen LogP contribution in [-0.2, 0) is 11.2 Å². The third kappa shape index (κ3) is 5.04. The number of nitrogens with one attached hydrogen (secondary N) is 1. The summed E-state index contributed by atoms with van der Waals surface area (Å²) in [6, 6.07) is 10.8. The molecule has 2 atom stereocenters. The lowest BCUT2D eigenvalue weighted by Crippen LogP contribution is -2.53. The molecule has 39 heavy (non-hydrogen) atoms. The molecule has 9 nitrogen and oxygen atoms in total. The van der Waals surface area contributed by atoms with E-state index in [1.54, 1.807) is 42.7 Å². The molecule has 1 fully saturated rings. The molecule has 4 heterocycles. The van der Waals surface area contributed by atoms with E-state index in [1.807, 2.05) is 30.3 Å². The number of allylic oxidation sites excluding steroid dienone is 1. The monoisotopic (exact) mass is 522 g/mol. The van der Waals surface area contributed by atoms with Crippen LogP contribution in [0.5, 0.6) is 0 Å². The lowest BCUT2D eigenvalue weighted by Gasteiger charge is -2.34. The maximum absolute atomic E-state index is 13.5. The number of aryl methyl sites for hydroxylation is 1. The van der Waals surface area contributed by atoms with E-state index in [9.17, 15) is 9.59 Å². The Bertz CT molecular complexity index is 1490. The van der Waals surface area contributed by atoms with Crippen LogP contribution in [0.1, 0.15) is 61.0 Å². The maximum atomic E-state index is 13.5. The Balaban J connectivity index is 1.54. The van der Waals surface area contributed by atoms with Crippen molar-refractivity contribution in [3.63, 3.8) is 0 Å². The molecule has 9 heteroatoms. The second-order valence-electron chi connectivity index (χ2n) is 9.74. The van der Waals surface area contributed by atoms with E-state index in [2.05, 4.69) is 34.1 Å². The first-order valence-corrected chi connectivity index (χ1v) is 13.3. The van der Waals surface area contributed by atoms with Crippen LogP contribution in [0.25, 0.3) is 0 Å². The fourth-order valence-electron chi connectivity index (χ4n) is 5.32. The van der Waals surface area contributed by atoms with E-state index in [1.165, 1.54) is 0 Å². The van der Waals surface area contributed by atoms with Crippen LogP contribution in [0.15, 0.2) is 76.4 Å². The normalized spacial score (nSPS) is 21.7. The van der Waals surface area contributed by atoms with Crippen molar-refractivity contribution in [1.82, 2.24) is 9.88 Å². The summed E-state index contributed by atoms with van der Waals surface area (Å²) in [5.41, 5.74) is 3.48. The topological polar surface area (TPSA) is 113 Å². The lowest BCUT2D eigenvalue weighted by molar-refractivity contribution is -0.750. The van der Waals surface area contributed by atoms with E-state index >= 15 is 0 Å². The molecule has 2 aromatic rings. The molecular formula is C30H32N7O2+. The number of quaternary nitrogens is 1. The molecule has 3 N–H and O–H groups in total. The zero-order valence-corrected chi connectivity index (χ0v) is 22.2. The number of benzene rings is 1. The molecule has 0 radical (unpaired) electrons. The van der Waals surface area contributed by atoms with Gasteiger partial charge in [-0.1, -0.05) is 31.4 Å². The Morgan fingerprint density at radius 3 is 2.90 bits per heavy atom. The highest BCUT2D eigenvalue weighted by Crippen LogP contribution is 2.37. The molecule has 198 valence electrons. The molecule has 1 aromatic carbocycles. The van der Waals surface area contributed by atoms with Crippen molar-refractivity contribution >= 4 is 29.7 Å². The van der Waals surface area contributed by atoms with Crippen molar-refractivity contribution in [2.75, 3.05) is 11.9 Å². The number of carbonyl (C=O) groups is 2. The average molecular weight is 523 g/mol. The van der Waals surface area contributed by atoms with Crippen molar-refractivity contribution in [2.24, 2.45) is 15.8 Å². The Morgan fingerprint density at radius 2 is 2.08 bits per heavy atom. The van der Waals surface area contributed by atoms with Crippen LogP contribution in [0.4, 0.5) is 5.82 Å². The number of fused-ring (bicyclic) bond motifs is 1. The number of carbonyl (C=O) groups excluding carboxylic acids is 2. The Labute approximate surface area is 228 Å². The predicted molar refractivity (Wildman–Crippen MR) is 151 cm³/mol. The summed E-state index contributed by atoms with van der Waals surface area (Å²) in [6.45, 7) is 4.36. The van der Waals surface area contributed by atoms with E-state index in [4.69, 9.17) is 10.8 Å². The number of nitrogens with two attached hydrogens (primary N) is 1. The molecule has 0 bridgehead atoms. The highest BCUT2D eigenvalue weighted by Gasteiger charge is 2.48. The summed E-state index contributed by atoms with van der Waals surface area (Å²) < 4.78 is -0.245. The minimum absolute atomic E-state index is 0.227. The first-order valence-electron chi connectivity index (χ1n) is 13.3. The Hall–Kier alpha value is -4.39. The van der Waals surface area contributed by atoms with Gasteiger partial charge in [-0.25, -0.2) is 4.98 Å². The quantitative estimate of drug-likeness (QED) is 0.340. The van der Waals surface area contributed by atoms with Gasteiger partial charge in [-0.3, -0.25) is 14.6 Å². The molecule has 2 unspecified atom stereocenters. The fraction of sp³-hybridized carbons (Fsp3) is 0.300. The van der Waals surface area contributed by atoms with Gasteiger partial charge in [0.25, 0.3) is 17.6 Å². The number of anilines is 1. The third-order valence-electron chi connectivity index (χ3n) is 7.15. The minimum atomic E-state index is -0.307. The van der Waals surface area contributed by atoms with Crippen LogP contribution in [0.3, 0.4) is 0 Å². The number of piperidine rings is 1. The highest BCUT2D eigenvalue weighted by atomic mass is 16.2. The number of nitrogens with zero attached hydrogens (tertiary/aromatic N) is 5. The van der Waals surface area contributed by atoms with Gasteiger partial charge in [0.1, 0.15) is 17.7 Å². The van der Waals surface area contributed by atoms with Crippen LogP contribution >= 0.6 is 0 Å². The van der Waals surface area contributed by atoms with Crippen LogP contribution in [0, 0.1) is 11.8 Å². The van der Waals surface area contributed by atoms with E-state index in [0.29, 0.717) is 40.7 Å². The molecule has 5 rings (SSSR count). The van der Waals surface area contributed by atoms with Crippen LogP contribution in [-0.4, -0.2) is 50.9 Å². The summed E-state index contributed by atoms with van der Waals surface area (Å²) in [5, 5.41) is 2.94. The molecule has 2 amide bonds. The lowest BCUT2D eigenvalue weighted by atomic mass is 9.98. The standard InChI is InChI=1S/C30H31N7O2/c1-3-9-21-14-15-33-26(19-21)34-30(39)23-12-6-5-11-22(23)29-35-28(25-20-32-16-18-37(25,29)31)24-13-7-8-17-36(24)27(38)10-4-2/h5-6,11-12,14-16,18-20,24H,3,7-9,13,17,31H2,1-2H3/p+1. The number of hydrogen-bond acceptors (Lipinski definition) is 6. The molecule has 3 aliphatic heterocycles. The van der Waals surface area contributed by atoms with Crippen molar-refractivity contribution in [1.29, 1.82) is 0 Å². The minimum Gasteiger partial charge on any atom is -0.323 e. The first-order chi connectivity index (χ1) is 19.0. The third-order valence-corrected chi connectivity index (χ3v) is 7.15. The number of amidine groups is 1. The van der Waals surface area contributed by atoms with E-state index < -0.39 is 0 Å². The average Bonchev–Trinajstić information content (AvgIpc) is 3.26. The van der Waals surface area contributed by atoms with Crippen LogP contribution < -0.4 is 11.2 Å². The zero-order valence-electron chi connectivity index (χ0n) is 22.2. The summed E-state index contributed by atoms with van der Waals surface area (Å²) >= 11 is 0. The number of pyridine rings is 1. The number of rotatable bonds is 6. The van der Waals surface area contributed by atoms with Gasteiger partial charge < -0.3 is 10.2 Å². The molecular weight excluding hydrogens is 490 g/mol. The zero-order chi connectivity index (χ0) is 27.4. The molecule has 1 aromatic heterocycles. The van der Waals surface area contributed by atoms with Gasteiger partial charge in [0, 0.05) is 12.7 Å². The number of aromatic nitrogens is 1. The van der Waals surface area contributed by atoms with Crippen molar-refractivity contribution in [2.45, 2.75) is 52.0 Å². The van der Waals surface area contributed by atoms with Crippen molar-refractivity contribution in [3.8, 4) is 11.8 Å². The van der Waals surface area contributed by atoms with Gasteiger partial charge in [-0.2, -0.15) is 10.8 Å². The van der Waals surface area contributed by atoms with Gasteiger partial charge in [0.15, 0.2) is 0 Å². The van der Waals surface area contributed by atoms with Gasteiger partial charge >= 0.3 is 0 Å². The second kappa shape index (κ2) is 11.2. The molecule has 1 saturated heterocycles. The second-order valence-corrected chi connectivity index (χ2v) is 9.74. The molecule has 0 spiro atoms. The summed E-state index contributed by atoms with van der Waals surface area (Å²) in [5.74, 6) is 12.8. The van der Waals surface area contributed by atoms with Gasteiger partial charge in [-0.05, 0) is 68.4 Å². The van der Waals surface area contributed by atoms with Crippen molar-refractivity contribution in [3.05, 3.63) is 83.1 Å². The van der Waals surface area contributed by atoms with Crippen molar-refractivity contribution < 1.29 is 14.2 Å². The van der Waals surface area contributed by atoms with E-state index in [-0.39, 0.29) is 22.4 Å². The van der Waals surface area contributed by atoms with Gasteiger partial charge in [0.2, 0.25) is 5.70 Å². The first kappa shape index (κ1) is 26.2. The number of likely N-dealkylation sites (tertiary alicyclic amines) is 1. The van der Waals surface area contributed by atoms with Gasteiger partial charge in [0.05, 0.1) is 29.6 Å². The van der Waals surface area contributed by atoms with Crippen LogP contribution in [0.2, 0.25) is 0 Å². The van der Waals surface area contributed by atoms with Gasteiger partial charge in [-0.15, -0.1) is 4.59 Å². The SMILES string of the molecule is CC#CC(=O)N1CCCCC1C1=C2C=NC=C[N+]2(N)C(c2ccccc2C(=O)Nc2cc(CCC)ccn2)=N1. The fourth-order valence-corrected chi connectivity index (χ4v) is 5.32. The number of aliphatic imine (C=N–C) groups is 2. The molecule has 3 aliphatic rings. The largest absolute Gasteiger partial charge is 0.323 e. The summed E-state index contributed by atoms with van der Waals surface area (Å²) in [4.78, 5) is 41.9. The predicted octanol–water partition coefficient (Wildman–Crippen LogP) is 3.91. The molecule has 0 saturated carbocycles. The maximum Gasteiger partial charge on any atom is 0.299 e. The number of amides is 2. The summed E-state index contributed by atoms with van der Waals surface area (Å²) in [7, 11) is 0.